The van der Waals surface area contributed by atoms with Gasteiger partial charge in [0, 0.05) is 24.2 Å². The summed E-state index contributed by atoms with van der Waals surface area (Å²) in [5.41, 5.74) is 3.73. The molecule has 25 heavy (non-hydrogen) atoms. The molecular formula is C21H23N3O. The van der Waals surface area contributed by atoms with Gasteiger partial charge in [-0.25, -0.2) is 4.98 Å². The van der Waals surface area contributed by atoms with Crippen LogP contribution in [0.5, 0.6) is 0 Å². The molecule has 1 heterocycles. The van der Waals surface area contributed by atoms with Crippen molar-refractivity contribution in [3.63, 3.8) is 0 Å². The van der Waals surface area contributed by atoms with Gasteiger partial charge in [0.05, 0.1) is 11.0 Å². The van der Waals surface area contributed by atoms with Gasteiger partial charge in [-0.2, -0.15) is 0 Å². The van der Waals surface area contributed by atoms with Crippen LogP contribution in [0, 0.1) is 5.92 Å². The average Bonchev–Trinajstić information content (AvgIpc) is 3.36. The molecule has 0 saturated heterocycles. The van der Waals surface area contributed by atoms with Crippen LogP contribution < -0.4 is 0 Å². The SMILES string of the molecule is CCCN(CC1CC1)C(=O)c1ccc(-c2nc3ccccc3[nH]2)cc1. The Morgan fingerprint density at radius 1 is 1.16 bits per heavy atom. The second kappa shape index (κ2) is 6.71. The number of aromatic nitrogens is 2. The minimum atomic E-state index is 0.143. The number of rotatable bonds is 6. The Morgan fingerprint density at radius 2 is 1.92 bits per heavy atom. The molecule has 1 N–H and O–H groups in total. The molecule has 0 bridgehead atoms. The van der Waals surface area contributed by atoms with Gasteiger partial charge in [0.15, 0.2) is 0 Å². The zero-order valence-electron chi connectivity index (χ0n) is 14.5. The first-order valence-corrected chi connectivity index (χ1v) is 9.09. The number of fused-ring (bicyclic) bond motifs is 1. The van der Waals surface area contributed by atoms with Gasteiger partial charge >= 0.3 is 0 Å². The molecule has 1 fully saturated rings. The topological polar surface area (TPSA) is 49.0 Å². The maximum atomic E-state index is 12.8. The summed E-state index contributed by atoms with van der Waals surface area (Å²) in [6, 6.07) is 15.8. The van der Waals surface area contributed by atoms with Gasteiger partial charge in [-0.15, -0.1) is 0 Å². The zero-order valence-corrected chi connectivity index (χ0v) is 14.5. The smallest absolute Gasteiger partial charge is 0.253 e. The molecule has 4 heteroatoms. The van der Waals surface area contributed by atoms with Gasteiger partial charge in [-0.3, -0.25) is 4.79 Å². The molecule has 1 amide bonds. The van der Waals surface area contributed by atoms with E-state index in [2.05, 4.69) is 16.9 Å². The third kappa shape index (κ3) is 3.43. The van der Waals surface area contributed by atoms with Gasteiger partial charge in [-0.1, -0.05) is 31.2 Å². The van der Waals surface area contributed by atoms with Crippen molar-refractivity contribution in [3.05, 3.63) is 54.1 Å². The number of hydrogen-bond donors (Lipinski definition) is 1. The monoisotopic (exact) mass is 333 g/mol. The average molecular weight is 333 g/mol. The predicted octanol–water partition coefficient (Wildman–Crippen LogP) is 4.49. The number of imidazole rings is 1. The molecule has 0 atom stereocenters. The number of nitrogens with zero attached hydrogens (tertiary/aromatic N) is 2. The second-order valence-corrected chi connectivity index (χ2v) is 6.87. The minimum Gasteiger partial charge on any atom is -0.338 e. The normalized spacial score (nSPS) is 14.0. The van der Waals surface area contributed by atoms with Crippen LogP contribution in [0.25, 0.3) is 22.4 Å². The summed E-state index contributed by atoms with van der Waals surface area (Å²) >= 11 is 0. The van der Waals surface area contributed by atoms with Gasteiger partial charge in [0.2, 0.25) is 0 Å². The number of amides is 1. The fourth-order valence-corrected chi connectivity index (χ4v) is 3.20. The number of benzene rings is 2. The van der Waals surface area contributed by atoms with E-state index in [9.17, 15) is 4.79 Å². The molecule has 0 radical (unpaired) electrons. The van der Waals surface area contributed by atoms with Crippen molar-refractivity contribution in [1.29, 1.82) is 0 Å². The highest BCUT2D eigenvalue weighted by atomic mass is 16.2. The summed E-state index contributed by atoms with van der Waals surface area (Å²) in [7, 11) is 0. The third-order valence-corrected chi connectivity index (χ3v) is 4.75. The van der Waals surface area contributed by atoms with E-state index in [0.717, 1.165) is 47.5 Å². The minimum absolute atomic E-state index is 0.143. The van der Waals surface area contributed by atoms with Crippen LogP contribution in [0.15, 0.2) is 48.5 Å². The van der Waals surface area contributed by atoms with Gasteiger partial charge < -0.3 is 9.88 Å². The Hall–Kier alpha value is -2.62. The summed E-state index contributed by atoms with van der Waals surface area (Å²) < 4.78 is 0. The quantitative estimate of drug-likeness (QED) is 0.722. The third-order valence-electron chi connectivity index (χ3n) is 4.75. The molecule has 128 valence electrons. The summed E-state index contributed by atoms with van der Waals surface area (Å²) in [5.74, 6) is 1.69. The molecule has 0 unspecified atom stereocenters. The lowest BCUT2D eigenvalue weighted by Gasteiger charge is -2.22. The fourth-order valence-electron chi connectivity index (χ4n) is 3.20. The molecular weight excluding hydrogens is 310 g/mol. The Morgan fingerprint density at radius 3 is 2.60 bits per heavy atom. The molecule has 4 rings (SSSR count). The molecule has 4 nitrogen and oxygen atoms in total. The van der Waals surface area contributed by atoms with Crippen LogP contribution in [-0.4, -0.2) is 33.9 Å². The van der Waals surface area contributed by atoms with E-state index in [1.807, 2.05) is 53.4 Å². The van der Waals surface area contributed by atoms with E-state index in [1.54, 1.807) is 0 Å². The first-order valence-electron chi connectivity index (χ1n) is 9.09. The number of H-pyrrole nitrogens is 1. The molecule has 2 aromatic carbocycles. The van der Waals surface area contributed by atoms with E-state index in [0.29, 0.717) is 5.92 Å². The van der Waals surface area contributed by atoms with Gasteiger partial charge in [-0.05, 0) is 49.4 Å². The highest BCUT2D eigenvalue weighted by molar-refractivity contribution is 5.94. The van der Waals surface area contributed by atoms with Crippen LogP contribution in [0.1, 0.15) is 36.5 Å². The summed E-state index contributed by atoms with van der Waals surface area (Å²) in [4.78, 5) is 22.7. The predicted molar refractivity (Wildman–Crippen MR) is 100 cm³/mol. The van der Waals surface area contributed by atoms with Crippen molar-refractivity contribution >= 4 is 16.9 Å². The van der Waals surface area contributed by atoms with Crippen LogP contribution in [0.4, 0.5) is 0 Å². The van der Waals surface area contributed by atoms with E-state index >= 15 is 0 Å². The highest BCUT2D eigenvalue weighted by Gasteiger charge is 2.26. The number of nitrogens with one attached hydrogen (secondary N) is 1. The number of hydrogen-bond acceptors (Lipinski definition) is 2. The van der Waals surface area contributed by atoms with Crippen molar-refractivity contribution in [3.8, 4) is 11.4 Å². The standard InChI is InChI=1S/C21H23N3O/c1-2-13-24(14-15-7-8-15)21(25)17-11-9-16(10-12-17)20-22-18-5-3-4-6-19(18)23-20/h3-6,9-12,15H,2,7-8,13-14H2,1H3,(H,22,23). The van der Waals surface area contributed by atoms with Gasteiger partial charge in [0.25, 0.3) is 5.91 Å². The van der Waals surface area contributed by atoms with Crippen molar-refractivity contribution in [1.82, 2.24) is 14.9 Å². The van der Waals surface area contributed by atoms with Crippen molar-refractivity contribution in [2.75, 3.05) is 13.1 Å². The number of para-hydroxylation sites is 2. The lowest BCUT2D eigenvalue weighted by molar-refractivity contribution is 0.0748. The van der Waals surface area contributed by atoms with E-state index in [-0.39, 0.29) is 5.91 Å². The van der Waals surface area contributed by atoms with E-state index in [1.165, 1.54) is 12.8 Å². The Labute approximate surface area is 147 Å². The molecule has 3 aromatic rings. The second-order valence-electron chi connectivity index (χ2n) is 6.87. The van der Waals surface area contributed by atoms with Crippen molar-refractivity contribution < 1.29 is 4.79 Å². The van der Waals surface area contributed by atoms with Crippen LogP contribution in [-0.2, 0) is 0 Å². The Kier molecular flexibility index (Phi) is 4.26. The van der Waals surface area contributed by atoms with Crippen LogP contribution >= 0.6 is 0 Å². The van der Waals surface area contributed by atoms with Crippen molar-refractivity contribution in [2.45, 2.75) is 26.2 Å². The fraction of sp³-hybridized carbons (Fsp3) is 0.333. The molecule has 1 saturated carbocycles. The highest BCUT2D eigenvalue weighted by Crippen LogP contribution is 2.30. The maximum absolute atomic E-state index is 12.8. The molecule has 1 aliphatic carbocycles. The largest absolute Gasteiger partial charge is 0.338 e. The molecule has 1 aliphatic rings. The first kappa shape index (κ1) is 15.9. The number of aromatic amines is 1. The molecule has 0 spiro atoms. The Bertz CT molecular complexity index is 845. The van der Waals surface area contributed by atoms with Gasteiger partial charge in [0.1, 0.15) is 5.82 Å². The summed E-state index contributed by atoms with van der Waals surface area (Å²) in [6.07, 6.45) is 3.52. The lowest BCUT2D eigenvalue weighted by Crippen LogP contribution is -2.33. The van der Waals surface area contributed by atoms with Crippen molar-refractivity contribution in [2.24, 2.45) is 5.92 Å². The summed E-state index contributed by atoms with van der Waals surface area (Å²) in [5, 5.41) is 0. The number of carbonyl (C=O) groups excluding carboxylic acids is 1. The molecule has 1 aromatic heterocycles. The first-order chi connectivity index (χ1) is 12.2. The maximum Gasteiger partial charge on any atom is 0.253 e. The zero-order chi connectivity index (χ0) is 17.2. The molecule has 0 aliphatic heterocycles. The van der Waals surface area contributed by atoms with E-state index < -0.39 is 0 Å². The Balaban J connectivity index is 1.55. The lowest BCUT2D eigenvalue weighted by atomic mass is 10.1. The van der Waals surface area contributed by atoms with Crippen LogP contribution in [0.3, 0.4) is 0 Å². The summed E-state index contributed by atoms with van der Waals surface area (Å²) in [6.45, 7) is 3.86. The van der Waals surface area contributed by atoms with Crippen LogP contribution in [0.2, 0.25) is 0 Å². The number of carbonyl (C=O) groups is 1. The van der Waals surface area contributed by atoms with E-state index in [4.69, 9.17) is 0 Å².